The highest BCUT2D eigenvalue weighted by atomic mass is 32.2. The van der Waals surface area contributed by atoms with Crippen molar-refractivity contribution in [3.05, 3.63) is 30.4 Å². The van der Waals surface area contributed by atoms with E-state index in [0.717, 1.165) is 53.7 Å². The molecule has 0 aromatic carbocycles. The second-order valence-electron chi connectivity index (χ2n) is 6.02. The van der Waals surface area contributed by atoms with Crippen LogP contribution in [-0.2, 0) is 23.0 Å². The number of fused-ring (bicyclic) bond motifs is 3. The summed E-state index contributed by atoms with van der Waals surface area (Å²) in [6, 6.07) is 3.82. The highest BCUT2D eigenvalue weighted by Gasteiger charge is 2.15. The molecule has 0 radical (unpaired) electrons. The van der Waals surface area contributed by atoms with Crippen LogP contribution in [0.4, 0.5) is 0 Å². The van der Waals surface area contributed by atoms with Crippen LogP contribution in [0.5, 0.6) is 0 Å². The van der Waals surface area contributed by atoms with Crippen LogP contribution in [0.2, 0.25) is 0 Å². The molecule has 3 heterocycles. The molecule has 0 spiro atoms. The average Bonchev–Trinajstić information content (AvgIpc) is 2.97. The number of hydrogen-bond acceptors (Lipinski definition) is 5. The first kappa shape index (κ1) is 17.8. The third-order valence-electron chi connectivity index (χ3n) is 4.24. The van der Waals surface area contributed by atoms with Gasteiger partial charge in [0, 0.05) is 19.2 Å². The van der Waals surface area contributed by atoms with E-state index in [1.165, 1.54) is 7.05 Å². The van der Waals surface area contributed by atoms with Gasteiger partial charge in [0.25, 0.3) is 0 Å². The van der Waals surface area contributed by atoms with Crippen molar-refractivity contribution in [2.75, 3.05) is 12.8 Å². The molecule has 0 atom stereocenters. The van der Waals surface area contributed by atoms with E-state index < -0.39 is 10.0 Å². The van der Waals surface area contributed by atoms with E-state index in [0.29, 0.717) is 6.42 Å². The van der Waals surface area contributed by atoms with Gasteiger partial charge in [-0.1, -0.05) is 6.92 Å². The molecule has 0 aliphatic heterocycles. The molecule has 0 unspecified atom stereocenters. The first-order valence-corrected chi connectivity index (χ1v) is 10.2. The van der Waals surface area contributed by atoms with E-state index in [1.54, 1.807) is 12.4 Å². The first-order valence-electron chi connectivity index (χ1n) is 8.56. The predicted octanol–water partition coefficient (Wildman–Crippen LogP) is 2.26. The van der Waals surface area contributed by atoms with Crippen LogP contribution in [0.25, 0.3) is 22.1 Å². The number of aryl methyl sites for hydroxylation is 2. The van der Waals surface area contributed by atoms with Crippen molar-refractivity contribution in [1.29, 1.82) is 0 Å². The Labute approximate surface area is 147 Å². The summed E-state index contributed by atoms with van der Waals surface area (Å²) >= 11 is 0. The Bertz CT molecular complexity index is 981. The van der Waals surface area contributed by atoms with Gasteiger partial charge in [0.1, 0.15) is 16.9 Å². The van der Waals surface area contributed by atoms with E-state index in [4.69, 9.17) is 4.98 Å². The Morgan fingerprint density at radius 3 is 2.80 bits per heavy atom. The molecular weight excluding hydrogens is 338 g/mol. The fourth-order valence-electron chi connectivity index (χ4n) is 2.99. The zero-order valence-electron chi connectivity index (χ0n) is 14.6. The zero-order valence-corrected chi connectivity index (χ0v) is 15.4. The van der Waals surface area contributed by atoms with Crippen LogP contribution in [-0.4, -0.2) is 40.7 Å². The summed E-state index contributed by atoms with van der Waals surface area (Å²) in [4.78, 5) is 13.7. The molecule has 0 aliphatic carbocycles. The minimum absolute atomic E-state index is 0.139. The summed E-state index contributed by atoms with van der Waals surface area (Å²) < 4.78 is 27.7. The normalized spacial score (nSPS) is 12.2. The van der Waals surface area contributed by atoms with Crippen LogP contribution in [0.3, 0.4) is 0 Å². The number of unbranched alkanes of at least 4 members (excludes halogenated alkanes) is 1. The highest BCUT2D eigenvalue weighted by Crippen LogP contribution is 2.24. The van der Waals surface area contributed by atoms with Gasteiger partial charge in [-0.2, -0.15) is 0 Å². The van der Waals surface area contributed by atoms with Crippen molar-refractivity contribution in [3.8, 4) is 0 Å². The standard InChI is InChI=1S/C17H23N5O2S/c1-3-7-15-21-14-12-20-13-8-6-9-19-16(13)17(14)22(15)10-4-5-11-25(23,24)18-2/h6,8-9,12,18H,3-5,7,10-11H2,1-2H3. The summed E-state index contributed by atoms with van der Waals surface area (Å²) in [5.74, 6) is 1.15. The average molecular weight is 361 g/mol. The zero-order chi connectivity index (χ0) is 17.9. The lowest BCUT2D eigenvalue weighted by Crippen LogP contribution is -2.22. The summed E-state index contributed by atoms with van der Waals surface area (Å²) in [6.45, 7) is 2.85. The van der Waals surface area contributed by atoms with Gasteiger partial charge in [-0.15, -0.1) is 0 Å². The van der Waals surface area contributed by atoms with Crippen molar-refractivity contribution in [3.63, 3.8) is 0 Å². The van der Waals surface area contributed by atoms with Crippen molar-refractivity contribution in [2.24, 2.45) is 0 Å². The van der Waals surface area contributed by atoms with E-state index in [9.17, 15) is 8.42 Å². The lowest BCUT2D eigenvalue weighted by atomic mass is 10.2. The van der Waals surface area contributed by atoms with Gasteiger partial charge in [-0.05, 0) is 38.4 Å². The van der Waals surface area contributed by atoms with Gasteiger partial charge in [0.2, 0.25) is 10.0 Å². The topological polar surface area (TPSA) is 89.8 Å². The Morgan fingerprint density at radius 2 is 2.04 bits per heavy atom. The molecule has 0 fully saturated rings. The Morgan fingerprint density at radius 1 is 1.20 bits per heavy atom. The monoisotopic (exact) mass is 361 g/mol. The fourth-order valence-corrected chi connectivity index (χ4v) is 3.78. The number of sulfonamides is 1. The van der Waals surface area contributed by atoms with Crippen LogP contribution in [0.15, 0.2) is 24.5 Å². The number of rotatable bonds is 8. The first-order chi connectivity index (χ1) is 12.1. The second kappa shape index (κ2) is 7.45. The maximum Gasteiger partial charge on any atom is 0.211 e. The molecule has 7 nitrogen and oxygen atoms in total. The fraction of sp³-hybridized carbons (Fsp3) is 0.471. The SMILES string of the molecule is CCCc1nc2cnc3cccnc3c2n1CCCCS(=O)(=O)NC. The largest absolute Gasteiger partial charge is 0.326 e. The van der Waals surface area contributed by atoms with Gasteiger partial charge in [0.15, 0.2) is 0 Å². The molecule has 25 heavy (non-hydrogen) atoms. The molecule has 0 saturated carbocycles. The van der Waals surface area contributed by atoms with Gasteiger partial charge >= 0.3 is 0 Å². The second-order valence-corrected chi connectivity index (χ2v) is 8.07. The summed E-state index contributed by atoms with van der Waals surface area (Å²) in [6.07, 6.45) is 6.79. The van der Waals surface area contributed by atoms with E-state index in [-0.39, 0.29) is 5.75 Å². The Kier molecular flexibility index (Phi) is 5.29. The van der Waals surface area contributed by atoms with Gasteiger partial charge in [-0.3, -0.25) is 9.97 Å². The molecule has 0 amide bonds. The van der Waals surface area contributed by atoms with Crippen molar-refractivity contribution >= 4 is 32.1 Å². The summed E-state index contributed by atoms with van der Waals surface area (Å²) in [5.41, 5.74) is 3.53. The Hall–Kier alpha value is -2.06. The van der Waals surface area contributed by atoms with Crippen LogP contribution >= 0.6 is 0 Å². The molecule has 134 valence electrons. The molecule has 3 aromatic heterocycles. The third-order valence-corrected chi connectivity index (χ3v) is 5.69. The highest BCUT2D eigenvalue weighted by molar-refractivity contribution is 7.89. The van der Waals surface area contributed by atoms with Crippen LogP contribution < -0.4 is 4.72 Å². The smallest absolute Gasteiger partial charge is 0.211 e. The molecule has 3 aromatic rings. The molecule has 0 bridgehead atoms. The summed E-state index contributed by atoms with van der Waals surface area (Å²) in [5, 5.41) is 0. The van der Waals surface area contributed by atoms with Crippen molar-refractivity contribution < 1.29 is 8.42 Å². The molecule has 8 heteroatoms. The predicted molar refractivity (Wildman–Crippen MR) is 98.9 cm³/mol. The van der Waals surface area contributed by atoms with Gasteiger partial charge < -0.3 is 4.57 Å². The summed E-state index contributed by atoms with van der Waals surface area (Å²) in [7, 11) is -1.71. The van der Waals surface area contributed by atoms with Gasteiger partial charge in [-0.25, -0.2) is 18.1 Å². The van der Waals surface area contributed by atoms with E-state index in [2.05, 4.69) is 26.2 Å². The number of pyridine rings is 2. The maximum absolute atomic E-state index is 11.6. The number of aromatic nitrogens is 4. The number of nitrogens with one attached hydrogen (secondary N) is 1. The number of hydrogen-bond donors (Lipinski definition) is 1. The van der Waals surface area contributed by atoms with Gasteiger partial charge in [0.05, 0.1) is 23.0 Å². The number of nitrogens with zero attached hydrogens (tertiary/aromatic N) is 4. The third kappa shape index (κ3) is 3.80. The van der Waals surface area contributed by atoms with E-state index in [1.807, 2.05) is 12.1 Å². The minimum Gasteiger partial charge on any atom is -0.326 e. The quantitative estimate of drug-likeness (QED) is 0.622. The van der Waals surface area contributed by atoms with Crippen molar-refractivity contribution in [1.82, 2.24) is 24.2 Å². The molecule has 1 N–H and O–H groups in total. The molecule has 0 aliphatic rings. The minimum atomic E-state index is -3.16. The molecule has 3 rings (SSSR count). The van der Waals surface area contributed by atoms with Crippen LogP contribution in [0.1, 0.15) is 32.0 Å². The Balaban J connectivity index is 1.94. The van der Waals surface area contributed by atoms with E-state index >= 15 is 0 Å². The van der Waals surface area contributed by atoms with Crippen molar-refractivity contribution in [2.45, 2.75) is 39.2 Å². The molecule has 0 saturated heterocycles. The lowest BCUT2D eigenvalue weighted by Gasteiger charge is -2.10. The van der Waals surface area contributed by atoms with Crippen LogP contribution in [0, 0.1) is 0 Å². The lowest BCUT2D eigenvalue weighted by molar-refractivity contribution is 0.573. The number of imidazole rings is 1. The molecular formula is C17H23N5O2S. The maximum atomic E-state index is 11.6.